The van der Waals surface area contributed by atoms with E-state index in [2.05, 4.69) is 25.1 Å². The van der Waals surface area contributed by atoms with Crippen LogP contribution in [0.15, 0.2) is 83.7 Å². The zero-order chi connectivity index (χ0) is 63.3. The number of rotatable bonds is 9. The molecule has 0 aliphatic carbocycles. The smallest absolute Gasteiger partial charge is 0.341 e. The van der Waals surface area contributed by atoms with E-state index < -0.39 is 129 Å². The Hall–Kier alpha value is -11.7. The summed E-state index contributed by atoms with van der Waals surface area (Å²) in [5.41, 5.74) is 1.04. The molecule has 3 aromatic heterocycles. The van der Waals surface area contributed by atoms with Crippen LogP contribution in [0.5, 0.6) is 11.8 Å². The van der Waals surface area contributed by atoms with Crippen molar-refractivity contribution in [1.82, 2.24) is 29.8 Å². The van der Waals surface area contributed by atoms with Gasteiger partial charge >= 0.3 is 17.9 Å². The second-order valence-electron chi connectivity index (χ2n) is 15.7. The van der Waals surface area contributed by atoms with Gasteiger partial charge < -0.3 is 30.2 Å². The summed E-state index contributed by atoms with van der Waals surface area (Å²) in [6, 6.07) is 11.6. The molecular weight excluding hydrogens is 1160 g/mol. The number of ether oxygens (including phenoxy) is 3. The third kappa shape index (κ3) is 15.2. The van der Waals surface area contributed by atoms with E-state index in [-0.39, 0.29) is 33.4 Å². The molecule has 0 aliphatic rings. The molecule has 0 atom stereocenters. The van der Waals surface area contributed by atoms with Crippen LogP contribution in [-0.4, -0.2) is 98.9 Å². The van der Waals surface area contributed by atoms with Crippen molar-refractivity contribution >= 4 is 79.1 Å². The van der Waals surface area contributed by atoms with Crippen LogP contribution in [-0.2, 0) is 18.8 Å². The maximum Gasteiger partial charge on any atom is 0.341 e. The van der Waals surface area contributed by atoms with Crippen LogP contribution < -0.4 is 20.8 Å². The van der Waals surface area contributed by atoms with E-state index >= 15 is 0 Å². The number of aryl methyl sites for hydroxylation is 2. The minimum atomic E-state index is -1.76. The molecule has 0 unspecified atom stereocenters. The molecule has 0 spiro atoms. The third-order valence-corrected chi connectivity index (χ3v) is 10.4. The Morgan fingerprint density at radius 1 is 0.524 bits per heavy atom. The topological polar surface area (TPSA) is 402 Å². The fourth-order valence-electron chi connectivity index (χ4n) is 6.71. The predicted molar refractivity (Wildman–Crippen MR) is 269 cm³/mol. The molecule has 0 aliphatic heterocycles. The molecule has 3 heterocycles. The number of carbonyl (C=O) groups is 3. The Bertz CT molecular complexity index is 4140. The van der Waals surface area contributed by atoms with Crippen LogP contribution >= 0.6 is 0 Å². The summed E-state index contributed by atoms with van der Waals surface area (Å²) in [5, 5.41) is 71.2. The highest BCUT2D eigenvalue weighted by Gasteiger charge is 2.24. The quantitative estimate of drug-likeness (QED) is 0.0296. The number of aromatic carboxylic acids is 2. The summed E-state index contributed by atoms with van der Waals surface area (Å²) < 4.78 is 133. The highest BCUT2D eigenvalue weighted by molar-refractivity contribution is 5.91. The maximum absolute atomic E-state index is 13.6. The molecule has 0 bridgehead atoms. The number of benzene rings is 6. The molecule has 6 aromatic carbocycles. The number of anilines is 1. The number of fused-ring (bicyclic) bond motifs is 3. The van der Waals surface area contributed by atoms with Gasteiger partial charge in [-0.2, -0.15) is 0 Å². The highest BCUT2D eigenvalue weighted by atomic mass is 19.2. The first-order chi connectivity index (χ1) is 39.3. The van der Waals surface area contributed by atoms with Crippen LogP contribution in [0.25, 0.3) is 32.7 Å². The molecule has 0 radical (unpaired) electrons. The standard InChI is InChI=1S/C9H8FN3O3.C9H10FN3O.C8H5F2NO4.C7H3F2NO4.C7H4F2O2.C7H4FN3O3/c1-12-8-6(9(11-12)16-2)3-5(13(14)15)4-7(8)10;1-13-8-6(9(12-13)14-2)3-5(11)4-7(8)10;1-15-8(12)5-2-4(11(13)14)3-6(9)7(5)10;8-5-2-3(10(13)14)1-4(6(5)9)7(11)12;8-5-3-1-2-4(6(5)9)7(10)11;8-5-2-3(11(13)14)1-4-6(5)9-10-7(4)12/h3-4H,1-2H3;3-4H,11H2,1-2H3;2-3H,1H3;1-2H,(H,11,12);1-3H,(H,10,11);1-2H,(H2,9,10,12). The lowest BCUT2D eigenvalue weighted by atomic mass is 10.2. The lowest BCUT2D eigenvalue weighted by molar-refractivity contribution is -0.385. The maximum atomic E-state index is 13.6. The van der Waals surface area contributed by atoms with Gasteiger partial charge in [0.1, 0.15) is 27.7 Å². The van der Waals surface area contributed by atoms with Gasteiger partial charge in [0.15, 0.2) is 52.4 Å². The lowest BCUT2D eigenvalue weighted by Crippen LogP contribution is -2.07. The second-order valence-corrected chi connectivity index (χ2v) is 15.7. The summed E-state index contributed by atoms with van der Waals surface area (Å²) in [6.07, 6.45) is 0. The number of carboxylic acids is 2. The number of methoxy groups -OCH3 is 3. The van der Waals surface area contributed by atoms with Crippen molar-refractivity contribution in [3.63, 3.8) is 0 Å². The van der Waals surface area contributed by atoms with Gasteiger partial charge in [0.2, 0.25) is 11.8 Å². The van der Waals surface area contributed by atoms with Gasteiger partial charge in [-0.15, -0.1) is 10.2 Å². The molecule has 0 amide bonds. The predicted octanol–water partition coefficient (Wildman–Crippen LogP) is 8.73. The number of nitro groups is 4. The zero-order valence-corrected chi connectivity index (χ0v) is 42.6. The van der Waals surface area contributed by atoms with Gasteiger partial charge in [0.25, 0.3) is 28.3 Å². The average Bonchev–Trinajstić information content (AvgIpc) is 4.23. The normalized spacial score (nSPS) is 10.3. The van der Waals surface area contributed by atoms with Crippen LogP contribution in [0.4, 0.5) is 68.0 Å². The van der Waals surface area contributed by atoms with Gasteiger partial charge in [0, 0.05) is 44.0 Å². The largest absolute Gasteiger partial charge is 0.479 e. The van der Waals surface area contributed by atoms with Crippen molar-refractivity contribution in [2.75, 3.05) is 27.1 Å². The Kier molecular flexibility index (Phi) is 21.2. The minimum Gasteiger partial charge on any atom is -0.479 e. The Morgan fingerprint density at radius 3 is 1.36 bits per heavy atom. The third-order valence-electron chi connectivity index (χ3n) is 10.4. The highest BCUT2D eigenvalue weighted by Crippen LogP contribution is 2.31. The number of nitrogens with two attached hydrogens (primary N) is 1. The van der Waals surface area contributed by atoms with Gasteiger partial charge in [-0.05, 0) is 24.3 Å². The Balaban J connectivity index is 0.000000217. The minimum absolute atomic E-state index is 0.0550. The van der Waals surface area contributed by atoms with E-state index in [1.54, 1.807) is 20.2 Å². The van der Waals surface area contributed by atoms with E-state index in [0.29, 0.717) is 46.7 Å². The number of halogens is 9. The number of nitrogen functional groups attached to an aromatic ring is 1. The Labute approximate surface area is 457 Å². The summed E-state index contributed by atoms with van der Waals surface area (Å²) >= 11 is 0. The number of H-pyrrole nitrogens is 2. The monoisotopic (exact) mass is 1200 g/mol. The number of hydrogen-bond acceptors (Lipinski definition) is 18. The molecular formula is C47H34F9N11O17. The first-order valence-electron chi connectivity index (χ1n) is 21.9. The first-order valence-corrected chi connectivity index (χ1v) is 21.9. The fourth-order valence-corrected chi connectivity index (χ4v) is 6.71. The van der Waals surface area contributed by atoms with Gasteiger partial charge in [-0.25, -0.2) is 53.9 Å². The second kappa shape index (κ2) is 27.5. The van der Waals surface area contributed by atoms with E-state index in [0.717, 1.165) is 43.5 Å². The molecule has 0 fully saturated rings. The summed E-state index contributed by atoms with van der Waals surface area (Å²) in [7, 11) is 7.02. The number of non-ortho nitro benzene ring substituents is 4. The molecule has 0 saturated heterocycles. The number of esters is 1. The van der Waals surface area contributed by atoms with Crippen LogP contribution in [0.1, 0.15) is 31.1 Å². The summed E-state index contributed by atoms with van der Waals surface area (Å²) in [4.78, 5) is 80.4. The molecule has 9 rings (SSSR count). The first kappa shape index (κ1) is 64.8. The number of aromatic nitrogens is 6. The number of aromatic amines is 2. The summed E-state index contributed by atoms with van der Waals surface area (Å²) in [5.74, 6) is -14.3. The number of carbonyl (C=O) groups excluding carboxylic acids is 1. The average molecular weight is 1200 g/mol. The number of nitrogens with one attached hydrogen (secondary N) is 2. The lowest BCUT2D eigenvalue weighted by Gasteiger charge is -2.01. The van der Waals surface area contributed by atoms with E-state index in [4.69, 9.17) is 25.4 Å². The summed E-state index contributed by atoms with van der Waals surface area (Å²) in [6.45, 7) is 0. The van der Waals surface area contributed by atoms with E-state index in [9.17, 15) is 99.1 Å². The van der Waals surface area contributed by atoms with E-state index in [1.807, 2.05) is 0 Å². The Morgan fingerprint density at radius 2 is 0.917 bits per heavy atom. The molecule has 6 N–H and O–H groups in total. The van der Waals surface area contributed by atoms with Crippen molar-refractivity contribution < 1.29 is 98.0 Å². The van der Waals surface area contributed by atoms with Crippen molar-refractivity contribution in [3.8, 4) is 11.8 Å². The molecule has 0 saturated carbocycles. The number of nitro benzene ring substituents is 4. The van der Waals surface area contributed by atoms with Crippen LogP contribution in [0.2, 0.25) is 0 Å². The fraction of sp³-hybridized carbons (Fsp3) is 0.106. The zero-order valence-electron chi connectivity index (χ0n) is 42.6. The SMILES string of the molecule is COC(=O)c1cc([N+](=O)[O-])cc(F)c1F.COc1nn(C)c2c(F)cc(N)cc12.COc1nn(C)c2c(F)cc([N+](=O)[O-])cc12.O=C(O)c1cc([N+](=O)[O-])cc(F)c1F.O=C(O)c1cccc(F)c1F.O=c1[nH][nH]c2c(F)cc([N+](=O)[O-])cc12. The van der Waals surface area contributed by atoms with Crippen molar-refractivity contribution in [1.29, 1.82) is 0 Å². The number of hydrogen-bond donors (Lipinski definition) is 5. The molecule has 28 nitrogen and oxygen atoms in total. The molecule has 37 heteroatoms. The van der Waals surface area contributed by atoms with Gasteiger partial charge in [-0.3, -0.25) is 64.8 Å². The van der Waals surface area contributed by atoms with Crippen molar-refractivity contribution in [3.05, 3.63) is 199 Å². The number of nitrogens with zero attached hydrogens (tertiary/aromatic N) is 8. The van der Waals surface area contributed by atoms with Crippen LogP contribution in [0.3, 0.4) is 0 Å². The van der Waals surface area contributed by atoms with Gasteiger partial charge in [0.05, 0.1) is 87.0 Å². The van der Waals surface area contributed by atoms with Crippen molar-refractivity contribution in [2.45, 2.75) is 0 Å². The number of carboxylic acid groups (broad SMARTS) is 2. The van der Waals surface area contributed by atoms with Crippen molar-refractivity contribution in [2.24, 2.45) is 14.1 Å². The molecule has 442 valence electrons. The van der Waals surface area contributed by atoms with Gasteiger partial charge in [-0.1, -0.05) is 6.07 Å². The molecule has 9 aromatic rings. The van der Waals surface area contributed by atoms with Crippen LogP contribution in [0, 0.1) is 92.8 Å². The molecule has 84 heavy (non-hydrogen) atoms. The van der Waals surface area contributed by atoms with E-state index in [1.165, 1.54) is 35.7 Å².